The van der Waals surface area contributed by atoms with Gasteiger partial charge < -0.3 is 5.32 Å². The average molecular weight is 338 g/mol. The highest BCUT2D eigenvalue weighted by Crippen LogP contribution is 2.19. The molecule has 0 unspecified atom stereocenters. The van der Waals surface area contributed by atoms with Crippen LogP contribution in [-0.4, -0.2) is 15.9 Å². The molecule has 0 fully saturated rings. The molecule has 4 nitrogen and oxygen atoms in total. The molecule has 0 aliphatic rings. The number of rotatable bonds is 3. The summed E-state index contributed by atoms with van der Waals surface area (Å²) in [7, 11) is 0. The number of aromatic nitrogens is 2. The maximum Gasteiger partial charge on any atom is 0.275 e. The second-order valence-corrected chi connectivity index (χ2v) is 5.48. The summed E-state index contributed by atoms with van der Waals surface area (Å²) in [4.78, 5) is 20.2. The van der Waals surface area contributed by atoms with Gasteiger partial charge in [-0.1, -0.05) is 29.8 Å². The van der Waals surface area contributed by atoms with E-state index in [1.807, 2.05) is 19.9 Å². The van der Waals surface area contributed by atoms with Gasteiger partial charge in [0.05, 0.1) is 6.20 Å². The lowest BCUT2D eigenvalue weighted by atomic mass is 10.1. The van der Waals surface area contributed by atoms with Gasteiger partial charge in [0, 0.05) is 10.2 Å². The Labute approximate surface area is 124 Å². The van der Waals surface area contributed by atoms with E-state index in [0.717, 1.165) is 16.4 Å². The van der Waals surface area contributed by atoms with Crippen LogP contribution in [0.4, 0.5) is 10.2 Å². The van der Waals surface area contributed by atoms with Crippen molar-refractivity contribution >= 4 is 27.7 Å². The number of nitrogens with one attached hydrogen (secondary N) is 1. The van der Waals surface area contributed by atoms with Gasteiger partial charge in [0.15, 0.2) is 0 Å². The van der Waals surface area contributed by atoms with Crippen molar-refractivity contribution in [1.82, 2.24) is 9.97 Å². The molecule has 2 rings (SSSR count). The van der Waals surface area contributed by atoms with Gasteiger partial charge in [0.25, 0.3) is 5.91 Å². The van der Waals surface area contributed by atoms with Crippen LogP contribution in [0.15, 0.2) is 34.9 Å². The zero-order valence-corrected chi connectivity index (χ0v) is 12.6. The quantitative estimate of drug-likeness (QED) is 0.927. The normalized spacial score (nSPS) is 10.7. The molecule has 0 bridgehead atoms. The van der Waals surface area contributed by atoms with Gasteiger partial charge in [-0.15, -0.1) is 0 Å². The fraction of sp³-hybridized carbons (Fsp3) is 0.214. The summed E-state index contributed by atoms with van der Waals surface area (Å²) in [5.74, 6) is -0.342. The highest BCUT2D eigenvalue weighted by Gasteiger charge is 2.12. The molecule has 0 saturated heterocycles. The Kier molecular flexibility index (Phi) is 4.44. The lowest BCUT2D eigenvalue weighted by Gasteiger charge is -2.09. The van der Waals surface area contributed by atoms with Crippen LogP contribution in [0, 0.1) is 5.82 Å². The summed E-state index contributed by atoms with van der Waals surface area (Å²) >= 11 is 3.36. The minimum Gasteiger partial charge on any atom is -0.305 e. The molecule has 20 heavy (non-hydrogen) atoms. The number of anilines is 1. The Balaban J connectivity index is 2.22. The Morgan fingerprint density at radius 3 is 2.70 bits per heavy atom. The molecular weight excluding hydrogens is 325 g/mol. The number of pyridine rings is 2. The van der Waals surface area contributed by atoms with E-state index in [0.29, 0.717) is 0 Å². The van der Waals surface area contributed by atoms with E-state index in [1.165, 1.54) is 12.1 Å². The molecule has 0 atom stereocenters. The fourth-order valence-corrected chi connectivity index (χ4v) is 2.01. The Hall–Kier alpha value is -1.82. The Bertz CT molecular complexity index is 629. The number of hydrogen-bond acceptors (Lipinski definition) is 3. The topological polar surface area (TPSA) is 54.9 Å². The summed E-state index contributed by atoms with van der Waals surface area (Å²) in [6.07, 6.45) is 1.05. The van der Waals surface area contributed by atoms with Crippen molar-refractivity contribution in [2.45, 2.75) is 19.8 Å². The molecule has 1 amide bonds. The summed E-state index contributed by atoms with van der Waals surface area (Å²) < 4.78 is 13.5. The third-order valence-corrected chi connectivity index (χ3v) is 3.06. The second-order valence-electron chi connectivity index (χ2n) is 4.57. The first-order valence-electron chi connectivity index (χ1n) is 6.06. The molecule has 0 radical (unpaired) electrons. The SMILES string of the molecule is CC(C)c1cc(Br)cc(C(=O)Nc2ccc(F)cn2)n1. The molecule has 2 heterocycles. The average Bonchev–Trinajstić information content (AvgIpc) is 2.40. The summed E-state index contributed by atoms with van der Waals surface area (Å²) in [6, 6.07) is 6.13. The van der Waals surface area contributed by atoms with Crippen LogP contribution in [0.3, 0.4) is 0 Å². The second kappa shape index (κ2) is 6.09. The minimum absolute atomic E-state index is 0.211. The molecule has 6 heteroatoms. The van der Waals surface area contributed by atoms with Gasteiger partial charge in [-0.3, -0.25) is 4.79 Å². The smallest absolute Gasteiger partial charge is 0.275 e. The van der Waals surface area contributed by atoms with Crippen LogP contribution in [0.5, 0.6) is 0 Å². The highest BCUT2D eigenvalue weighted by molar-refractivity contribution is 9.10. The molecule has 1 N–H and O–H groups in total. The van der Waals surface area contributed by atoms with Crippen LogP contribution in [0.2, 0.25) is 0 Å². The first-order chi connectivity index (χ1) is 9.45. The maximum atomic E-state index is 12.7. The number of halogens is 2. The summed E-state index contributed by atoms with van der Waals surface area (Å²) in [5.41, 5.74) is 1.10. The van der Waals surface area contributed by atoms with E-state index in [9.17, 15) is 9.18 Å². The molecule has 0 spiro atoms. The van der Waals surface area contributed by atoms with Gasteiger partial charge in [-0.25, -0.2) is 14.4 Å². The van der Waals surface area contributed by atoms with E-state index < -0.39 is 5.82 Å². The van der Waals surface area contributed by atoms with E-state index >= 15 is 0 Å². The monoisotopic (exact) mass is 337 g/mol. The maximum absolute atomic E-state index is 12.7. The van der Waals surface area contributed by atoms with Crippen molar-refractivity contribution in [3.63, 3.8) is 0 Å². The molecule has 104 valence electrons. The number of hydrogen-bond donors (Lipinski definition) is 1. The van der Waals surface area contributed by atoms with E-state index in [-0.39, 0.29) is 23.3 Å². The lowest BCUT2D eigenvalue weighted by molar-refractivity contribution is 0.102. The Morgan fingerprint density at radius 2 is 2.10 bits per heavy atom. The molecule has 0 aliphatic carbocycles. The highest BCUT2D eigenvalue weighted by atomic mass is 79.9. The van der Waals surface area contributed by atoms with Gasteiger partial charge in [0.1, 0.15) is 17.3 Å². The lowest BCUT2D eigenvalue weighted by Crippen LogP contribution is -2.15. The number of nitrogens with zero attached hydrogens (tertiary/aromatic N) is 2. The van der Waals surface area contributed by atoms with E-state index in [2.05, 4.69) is 31.2 Å². The fourth-order valence-electron chi connectivity index (χ4n) is 1.56. The zero-order valence-electron chi connectivity index (χ0n) is 11.0. The van der Waals surface area contributed by atoms with Crippen molar-refractivity contribution in [2.75, 3.05) is 5.32 Å². The van der Waals surface area contributed by atoms with Crippen LogP contribution >= 0.6 is 15.9 Å². The largest absolute Gasteiger partial charge is 0.305 e. The first-order valence-corrected chi connectivity index (χ1v) is 6.85. The van der Waals surface area contributed by atoms with Gasteiger partial charge in [-0.05, 0) is 30.2 Å². The molecule has 0 aliphatic heterocycles. The standard InChI is InChI=1S/C14H13BrFN3O/c1-8(2)11-5-9(15)6-12(18-11)14(20)19-13-4-3-10(16)7-17-13/h3-8H,1-2H3,(H,17,19,20). The van der Waals surface area contributed by atoms with Crippen molar-refractivity contribution in [1.29, 1.82) is 0 Å². The predicted molar refractivity (Wildman–Crippen MR) is 78.2 cm³/mol. The molecule has 0 aromatic carbocycles. The molecule has 2 aromatic rings. The third-order valence-electron chi connectivity index (χ3n) is 2.60. The van der Waals surface area contributed by atoms with Crippen molar-refractivity contribution in [3.05, 3.63) is 52.1 Å². The minimum atomic E-state index is -0.453. The summed E-state index contributed by atoms with van der Waals surface area (Å²) in [5, 5.41) is 2.58. The third kappa shape index (κ3) is 3.60. The molecule has 2 aromatic heterocycles. The number of carbonyl (C=O) groups is 1. The van der Waals surface area contributed by atoms with Crippen LogP contribution in [0.1, 0.15) is 35.9 Å². The predicted octanol–water partition coefficient (Wildman–Crippen LogP) is 3.75. The summed E-state index contributed by atoms with van der Waals surface area (Å²) in [6.45, 7) is 4.00. The first kappa shape index (κ1) is 14.6. The van der Waals surface area contributed by atoms with Gasteiger partial charge in [0.2, 0.25) is 0 Å². The number of carbonyl (C=O) groups excluding carboxylic acids is 1. The van der Waals surface area contributed by atoms with Crippen molar-refractivity contribution in [2.24, 2.45) is 0 Å². The Morgan fingerprint density at radius 1 is 1.35 bits per heavy atom. The zero-order chi connectivity index (χ0) is 14.7. The van der Waals surface area contributed by atoms with Crippen LogP contribution in [-0.2, 0) is 0 Å². The van der Waals surface area contributed by atoms with Crippen LogP contribution < -0.4 is 5.32 Å². The van der Waals surface area contributed by atoms with Crippen molar-refractivity contribution in [3.8, 4) is 0 Å². The van der Waals surface area contributed by atoms with Gasteiger partial charge >= 0.3 is 0 Å². The molecule has 0 saturated carbocycles. The van der Waals surface area contributed by atoms with Crippen molar-refractivity contribution < 1.29 is 9.18 Å². The van der Waals surface area contributed by atoms with E-state index in [1.54, 1.807) is 6.07 Å². The van der Waals surface area contributed by atoms with E-state index in [4.69, 9.17) is 0 Å². The van der Waals surface area contributed by atoms with Gasteiger partial charge in [-0.2, -0.15) is 0 Å². The van der Waals surface area contributed by atoms with Crippen LogP contribution in [0.25, 0.3) is 0 Å². The number of amides is 1. The molecular formula is C14H13BrFN3O.